The van der Waals surface area contributed by atoms with Gasteiger partial charge < -0.3 is 6.15 Å². The van der Waals surface area contributed by atoms with E-state index in [1.165, 1.54) is 0 Å². The smallest absolute Gasteiger partial charge is 0.344 e. The van der Waals surface area contributed by atoms with E-state index in [0.717, 1.165) is 12.8 Å². The molecule has 0 saturated carbocycles. The van der Waals surface area contributed by atoms with Gasteiger partial charge in [0.05, 0.1) is 6.54 Å². The lowest BCUT2D eigenvalue weighted by molar-refractivity contribution is -0.156. The van der Waals surface area contributed by atoms with Crippen LogP contribution < -0.4 is 6.15 Å². The summed E-state index contributed by atoms with van der Waals surface area (Å²) in [5.41, 5.74) is 0. The van der Waals surface area contributed by atoms with Gasteiger partial charge in [-0.2, -0.15) is 8.42 Å². The first-order chi connectivity index (χ1) is 5.99. The fourth-order valence-corrected chi connectivity index (χ4v) is 1.54. The summed E-state index contributed by atoms with van der Waals surface area (Å²) in [6, 6.07) is 0. The standard InChI is InChI=1S/C6H11NO5S.H3N/c8-6-4-2-1-3-5-7(6)12-13(9,10)11;/h1-5H2,(H,9,10,11);1H3. The van der Waals surface area contributed by atoms with E-state index in [-0.39, 0.29) is 19.1 Å². The minimum absolute atomic E-state index is 0. The molecule has 0 radical (unpaired) electrons. The van der Waals surface area contributed by atoms with Gasteiger partial charge in [0, 0.05) is 6.42 Å². The summed E-state index contributed by atoms with van der Waals surface area (Å²) in [5.74, 6) is -0.407. The van der Waals surface area contributed by atoms with Crippen molar-refractivity contribution in [3.05, 3.63) is 0 Å². The first-order valence-electron chi connectivity index (χ1n) is 3.96. The third-order valence-corrected chi connectivity index (χ3v) is 2.08. The van der Waals surface area contributed by atoms with Crippen molar-refractivity contribution in [3.8, 4) is 0 Å². The second-order valence-corrected chi connectivity index (χ2v) is 3.81. The molecule has 0 aromatic rings. The highest BCUT2D eigenvalue weighted by atomic mass is 32.3. The van der Waals surface area contributed by atoms with E-state index < -0.39 is 16.3 Å². The monoisotopic (exact) mass is 226 g/mol. The van der Waals surface area contributed by atoms with Gasteiger partial charge in [0.15, 0.2) is 0 Å². The van der Waals surface area contributed by atoms with E-state index in [0.29, 0.717) is 11.5 Å². The normalized spacial score (nSPS) is 18.6. The van der Waals surface area contributed by atoms with E-state index in [9.17, 15) is 13.2 Å². The largest absolute Gasteiger partial charge is 0.418 e. The van der Waals surface area contributed by atoms with Gasteiger partial charge in [0.1, 0.15) is 0 Å². The molecular weight excluding hydrogens is 212 g/mol. The van der Waals surface area contributed by atoms with Crippen LogP contribution in [-0.2, 0) is 19.5 Å². The molecule has 1 aliphatic heterocycles. The van der Waals surface area contributed by atoms with Crippen molar-refractivity contribution in [2.45, 2.75) is 25.7 Å². The van der Waals surface area contributed by atoms with Crippen LogP contribution in [-0.4, -0.2) is 30.5 Å². The molecule has 1 fully saturated rings. The van der Waals surface area contributed by atoms with Crippen LogP contribution in [0.25, 0.3) is 0 Å². The molecule has 7 nitrogen and oxygen atoms in total. The molecule has 0 spiro atoms. The van der Waals surface area contributed by atoms with E-state index in [2.05, 4.69) is 4.28 Å². The van der Waals surface area contributed by atoms with E-state index in [1.54, 1.807) is 0 Å². The highest BCUT2D eigenvalue weighted by Crippen LogP contribution is 2.12. The Bertz CT molecular complexity index is 289. The Morgan fingerprint density at radius 1 is 1.29 bits per heavy atom. The molecule has 0 aromatic heterocycles. The summed E-state index contributed by atoms with van der Waals surface area (Å²) in [4.78, 5) is 11.1. The highest BCUT2D eigenvalue weighted by Gasteiger charge is 2.22. The molecule has 0 unspecified atom stereocenters. The Kier molecular flexibility index (Phi) is 4.99. The first-order valence-corrected chi connectivity index (χ1v) is 5.33. The molecule has 84 valence electrons. The van der Waals surface area contributed by atoms with Crippen LogP contribution in [0.1, 0.15) is 25.7 Å². The summed E-state index contributed by atoms with van der Waals surface area (Å²) < 4.78 is 33.0. The molecule has 0 bridgehead atoms. The second kappa shape index (κ2) is 5.25. The Hall–Kier alpha value is -0.700. The van der Waals surface area contributed by atoms with Gasteiger partial charge in [-0.05, 0) is 12.8 Å². The van der Waals surface area contributed by atoms with Crippen molar-refractivity contribution in [3.63, 3.8) is 0 Å². The third-order valence-electron chi connectivity index (χ3n) is 1.71. The van der Waals surface area contributed by atoms with Crippen LogP contribution in [0.4, 0.5) is 0 Å². The highest BCUT2D eigenvalue weighted by molar-refractivity contribution is 7.80. The number of carbonyl (C=O) groups is 1. The summed E-state index contributed by atoms with van der Waals surface area (Å²) in [5, 5.41) is 0.697. The van der Waals surface area contributed by atoms with Crippen molar-refractivity contribution in [2.75, 3.05) is 6.54 Å². The summed E-state index contributed by atoms with van der Waals surface area (Å²) in [6.45, 7) is 0.207. The van der Waals surface area contributed by atoms with Crippen LogP contribution in [0.2, 0.25) is 0 Å². The number of nitrogens with zero attached hydrogens (tertiary/aromatic N) is 1. The van der Waals surface area contributed by atoms with Gasteiger partial charge in [-0.1, -0.05) is 6.42 Å². The van der Waals surface area contributed by atoms with Gasteiger partial charge >= 0.3 is 10.4 Å². The molecule has 14 heavy (non-hydrogen) atoms. The molecule has 1 heterocycles. The van der Waals surface area contributed by atoms with Crippen molar-refractivity contribution >= 4 is 16.3 Å². The maximum absolute atomic E-state index is 11.1. The second-order valence-electron chi connectivity index (χ2n) is 2.81. The molecule has 4 N–H and O–H groups in total. The topological polar surface area (TPSA) is 119 Å². The Morgan fingerprint density at radius 3 is 2.50 bits per heavy atom. The molecule has 1 rings (SSSR count). The third kappa shape index (κ3) is 4.51. The van der Waals surface area contributed by atoms with E-state index >= 15 is 0 Å². The molecular formula is C6H14N2O5S. The quantitative estimate of drug-likeness (QED) is 0.653. The van der Waals surface area contributed by atoms with Gasteiger partial charge in [-0.3, -0.25) is 9.35 Å². The van der Waals surface area contributed by atoms with Crippen LogP contribution in [0.3, 0.4) is 0 Å². The minimum atomic E-state index is -4.57. The Morgan fingerprint density at radius 2 is 1.93 bits per heavy atom. The number of carbonyl (C=O) groups excluding carboxylic acids is 1. The fraction of sp³-hybridized carbons (Fsp3) is 0.833. The fourth-order valence-electron chi connectivity index (χ4n) is 1.15. The van der Waals surface area contributed by atoms with Crippen LogP contribution in [0, 0.1) is 0 Å². The average Bonchev–Trinajstić information content (AvgIpc) is 2.14. The molecule has 1 saturated heterocycles. The van der Waals surface area contributed by atoms with Crippen molar-refractivity contribution < 1.29 is 22.0 Å². The van der Waals surface area contributed by atoms with E-state index in [1.807, 2.05) is 0 Å². The van der Waals surface area contributed by atoms with E-state index in [4.69, 9.17) is 4.55 Å². The summed E-state index contributed by atoms with van der Waals surface area (Å²) in [6.07, 6.45) is 2.53. The Labute approximate surface area is 82.5 Å². The minimum Gasteiger partial charge on any atom is -0.344 e. The van der Waals surface area contributed by atoms with Crippen LogP contribution in [0.15, 0.2) is 0 Å². The predicted octanol–water partition coefficient (Wildman–Crippen LogP) is 0.285. The Balaban J connectivity index is 0.00000169. The first kappa shape index (κ1) is 13.3. The number of amides is 1. The molecule has 0 atom stereocenters. The lowest BCUT2D eigenvalue weighted by Gasteiger charge is -2.15. The molecule has 0 aliphatic carbocycles. The van der Waals surface area contributed by atoms with Gasteiger partial charge in [-0.25, -0.2) is 5.06 Å². The zero-order chi connectivity index (χ0) is 9.90. The summed E-state index contributed by atoms with van der Waals surface area (Å²) in [7, 11) is -4.57. The number of rotatable bonds is 2. The maximum atomic E-state index is 11.1. The van der Waals surface area contributed by atoms with Crippen molar-refractivity contribution in [1.29, 1.82) is 0 Å². The molecule has 1 amide bonds. The maximum Gasteiger partial charge on any atom is 0.418 e. The lowest BCUT2D eigenvalue weighted by atomic mass is 10.2. The average molecular weight is 226 g/mol. The zero-order valence-electron chi connectivity index (χ0n) is 7.68. The summed E-state index contributed by atoms with van der Waals surface area (Å²) >= 11 is 0. The van der Waals surface area contributed by atoms with Gasteiger partial charge in [0.25, 0.3) is 0 Å². The van der Waals surface area contributed by atoms with Gasteiger partial charge in [0.2, 0.25) is 5.91 Å². The predicted molar refractivity (Wildman–Crippen MR) is 47.8 cm³/mol. The van der Waals surface area contributed by atoms with Crippen LogP contribution >= 0.6 is 0 Å². The zero-order valence-corrected chi connectivity index (χ0v) is 8.49. The lowest BCUT2D eigenvalue weighted by Crippen LogP contribution is -2.32. The number of hydrogen-bond donors (Lipinski definition) is 2. The molecule has 8 heteroatoms. The van der Waals surface area contributed by atoms with Gasteiger partial charge in [-0.15, -0.1) is 4.28 Å². The SMILES string of the molecule is N.O=C1CCCCCN1OS(=O)(=O)O. The van der Waals surface area contributed by atoms with Crippen molar-refractivity contribution in [2.24, 2.45) is 0 Å². The number of hydroxylamine groups is 2. The van der Waals surface area contributed by atoms with Crippen LogP contribution in [0.5, 0.6) is 0 Å². The molecule has 0 aromatic carbocycles. The van der Waals surface area contributed by atoms with Crippen molar-refractivity contribution in [1.82, 2.24) is 11.2 Å². The number of hydrogen-bond acceptors (Lipinski definition) is 5. The molecule has 1 aliphatic rings.